The summed E-state index contributed by atoms with van der Waals surface area (Å²) in [6.45, 7) is 0. The average molecular weight is 583 g/mol. The highest BCUT2D eigenvalue weighted by atomic mass is 16.3. The van der Waals surface area contributed by atoms with Gasteiger partial charge in [-0.3, -0.25) is 0 Å². The summed E-state index contributed by atoms with van der Waals surface area (Å²) in [5, 5.41) is 2.69. The van der Waals surface area contributed by atoms with Crippen molar-refractivity contribution in [3.05, 3.63) is 170 Å². The van der Waals surface area contributed by atoms with Gasteiger partial charge in [0, 0.05) is 10.8 Å². The smallest absolute Gasteiger partial charge is 0.136 e. The van der Waals surface area contributed by atoms with Gasteiger partial charge in [-0.15, -0.1) is 0 Å². The van der Waals surface area contributed by atoms with Crippen molar-refractivity contribution in [2.24, 2.45) is 0 Å². The van der Waals surface area contributed by atoms with Crippen molar-refractivity contribution < 1.29 is 18.1 Å². The molecule has 0 aliphatic rings. The van der Waals surface area contributed by atoms with Gasteiger partial charge in [-0.1, -0.05) is 145 Å². The van der Waals surface area contributed by atoms with E-state index in [0.717, 1.165) is 0 Å². The topological polar surface area (TPSA) is 13.1 Å². The highest BCUT2D eigenvalue weighted by Crippen LogP contribution is 2.48. The number of furan rings is 1. The molecule has 0 aliphatic carbocycles. The Bertz CT molecular complexity index is 3030. The second kappa shape index (κ2) is 10.4. The molecule has 0 aliphatic heterocycles. The van der Waals surface area contributed by atoms with Crippen LogP contribution >= 0.6 is 0 Å². The molecule has 1 heterocycles. The lowest BCUT2D eigenvalue weighted by molar-refractivity contribution is 0.669. The minimum atomic E-state index is -0.474. The molecule has 0 unspecified atom stereocenters. The fraction of sp³-hybridized carbons (Fsp3) is 0. The molecule has 0 bridgehead atoms. The van der Waals surface area contributed by atoms with Crippen LogP contribution in [0.4, 0.5) is 0 Å². The van der Waals surface area contributed by atoms with Gasteiger partial charge in [0.25, 0.3) is 0 Å². The van der Waals surface area contributed by atoms with Gasteiger partial charge in [-0.2, -0.15) is 0 Å². The van der Waals surface area contributed by atoms with E-state index in [1.807, 2.05) is 84.9 Å². The zero-order valence-corrected chi connectivity index (χ0v) is 23.8. The summed E-state index contributed by atoms with van der Waals surface area (Å²) in [5.74, 6) is 0. The highest BCUT2D eigenvalue weighted by molar-refractivity contribution is 6.23. The molecule has 8 aromatic carbocycles. The maximum Gasteiger partial charge on any atom is 0.136 e. The average Bonchev–Trinajstić information content (AvgIpc) is 3.62. The molecule has 210 valence electrons. The van der Waals surface area contributed by atoms with Crippen molar-refractivity contribution >= 4 is 43.5 Å². The minimum absolute atomic E-state index is 0.0394. The van der Waals surface area contributed by atoms with E-state index in [1.165, 1.54) is 0 Å². The van der Waals surface area contributed by atoms with Crippen LogP contribution in [0.25, 0.3) is 88.0 Å². The van der Waals surface area contributed by atoms with Gasteiger partial charge in [0.05, 0.1) is 13.7 Å². The van der Waals surface area contributed by atoms with Crippen LogP contribution in [0.2, 0.25) is 0 Å². The molecule has 9 rings (SSSR count). The van der Waals surface area contributed by atoms with Gasteiger partial charge in [0.1, 0.15) is 11.2 Å². The lowest BCUT2D eigenvalue weighted by Gasteiger charge is -2.20. The lowest BCUT2D eigenvalue weighted by Crippen LogP contribution is -1.93. The standard InChI is InChI=1S/C44H28O/c1-3-14-29(15-4-1)31-18-13-19-32(26-31)43-34-21-7-9-23-36(34)44(37-24-10-8-22-35(37)43)40-28-42-39(33-20-11-12-25-41(33)45-42)27-38(40)30-16-5-2-6-17-30/h1-28H/i11D,12D,13D,18D,19D,20D,25D,26D,27D,28D. The quantitative estimate of drug-likeness (QED) is 0.188. The van der Waals surface area contributed by atoms with Crippen LogP contribution in [0.15, 0.2) is 174 Å². The summed E-state index contributed by atoms with van der Waals surface area (Å²) < 4.78 is 96.4. The molecule has 0 atom stereocenters. The zero-order valence-electron chi connectivity index (χ0n) is 33.8. The Kier molecular flexibility index (Phi) is 4.01. The monoisotopic (exact) mass is 582 g/mol. The van der Waals surface area contributed by atoms with Crippen molar-refractivity contribution in [3.63, 3.8) is 0 Å². The number of fused-ring (bicyclic) bond motifs is 5. The number of hydrogen-bond acceptors (Lipinski definition) is 1. The Morgan fingerprint density at radius 1 is 0.356 bits per heavy atom. The summed E-state index contributed by atoms with van der Waals surface area (Å²) in [7, 11) is 0. The van der Waals surface area contributed by atoms with Crippen molar-refractivity contribution in [1.82, 2.24) is 0 Å². The Morgan fingerprint density at radius 2 is 0.933 bits per heavy atom. The van der Waals surface area contributed by atoms with Crippen molar-refractivity contribution in [2.45, 2.75) is 0 Å². The second-order valence-corrected chi connectivity index (χ2v) is 10.8. The Balaban J connectivity index is 1.49. The van der Waals surface area contributed by atoms with E-state index >= 15 is 0 Å². The summed E-state index contributed by atoms with van der Waals surface area (Å²) in [5.41, 5.74) is 3.31. The van der Waals surface area contributed by atoms with Crippen LogP contribution < -0.4 is 0 Å². The Labute approximate surface area is 275 Å². The van der Waals surface area contributed by atoms with Gasteiger partial charge in [-0.25, -0.2) is 0 Å². The lowest BCUT2D eigenvalue weighted by atomic mass is 9.83. The summed E-state index contributed by atoms with van der Waals surface area (Å²) in [6.07, 6.45) is 0. The van der Waals surface area contributed by atoms with Crippen LogP contribution in [0, 0.1) is 0 Å². The first kappa shape index (κ1) is 17.4. The molecule has 0 saturated carbocycles. The highest BCUT2D eigenvalue weighted by Gasteiger charge is 2.21. The molecule has 1 nitrogen and oxygen atoms in total. The van der Waals surface area contributed by atoms with Gasteiger partial charge >= 0.3 is 0 Å². The van der Waals surface area contributed by atoms with E-state index in [1.54, 1.807) is 24.3 Å². The normalized spacial score (nSPS) is 14.7. The summed E-state index contributed by atoms with van der Waals surface area (Å²) >= 11 is 0. The summed E-state index contributed by atoms with van der Waals surface area (Å²) in [6, 6.07) is 30.4. The molecular weight excluding hydrogens is 544 g/mol. The number of benzene rings is 8. The number of rotatable bonds is 4. The SMILES string of the molecule is [2H]c1c([2H])c(-c2ccccc2)c([2H])c(-c2c3ccccc3c(-c3c(-c4ccccc4)c([2H])c4c(oc5c([2H])c([2H])c([2H])c([2H])c54)c3[2H])c3ccccc23)c1[2H]. The third-order valence-corrected chi connectivity index (χ3v) is 8.25. The fourth-order valence-electron chi connectivity index (χ4n) is 6.28. The maximum absolute atomic E-state index is 9.86. The molecule has 0 radical (unpaired) electrons. The first-order chi connectivity index (χ1) is 26.5. The Morgan fingerprint density at radius 3 is 1.62 bits per heavy atom. The molecule has 9 aromatic rings. The van der Waals surface area contributed by atoms with Crippen molar-refractivity contribution in [3.8, 4) is 44.5 Å². The van der Waals surface area contributed by atoms with E-state index in [2.05, 4.69) is 0 Å². The third-order valence-electron chi connectivity index (χ3n) is 8.25. The molecule has 0 fully saturated rings. The van der Waals surface area contributed by atoms with Crippen LogP contribution in [0.1, 0.15) is 13.7 Å². The molecular formula is C44H28O. The van der Waals surface area contributed by atoms with E-state index in [9.17, 15) is 5.48 Å². The van der Waals surface area contributed by atoms with Gasteiger partial charge in [0.15, 0.2) is 0 Å². The van der Waals surface area contributed by atoms with E-state index < -0.39 is 18.1 Å². The molecule has 0 spiro atoms. The fourth-order valence-corrected chi connectivity index (χ4v) is 6.28. The molecule has 0 N–H and O–H groups in total. The largest absolute Gasteiger partial charge is 0.456 e. The molecule has 0 saturated heterocycles. The van der Waals surface area contributed by atoms with Crippen LogP contribution in [0.3, 0.4) is 0 Å². The Hall–Kier alpha value is -5.92. The van der Waals surface area contributed by atoms with E-state index in [-0.39, 0.29) is 75.4 Å². The zero-order chi connectivity index (χ0) is 38.4. The number of para-hydroxylation sites is 1. The molecule has 1 heteroatoms. The van der Waals surface area contributed by atoms with E-state index in [0.29, 0.717) is 54.9 Å². The molecule has 45 heavy (non-hydrogen) atoms. The van der Waals surface area contributed by atoms with Gasteiger partial charge < -0.3 is 4.42 Å². The van der Waals surface area contributed by atoms with Crippen LogP contribution in [0.5, 0.6) is 0 Å². The van der Waals surface area contributed by atoms with Gasteiger partial charge in [0.2, 0.25) is 0 Å². The maximum atomic E-state index is 9.86. The summed E-state index contributed by atoms with van der Waals surface area (Å²) in [4.78, 5) is 0. The first-order valence-corrected chi connectivity index (χ1v) is 14.6. The molecule has 0 amide bonds. The van der Waals surface area contributed by atoms with Crippen LogP contribution in [-0.4, -0.2) is 0 Å². The first-order valence-electron chi connectivity index (χ1n) is 19.6. The van der Waals surface area contributed by atoms with Crippen molar-refractivity contribution in [1.29, 1.82) is 0 Å². The predicted molar refractivity (Wildman–Crippen MR) is 190 cm³/mol. The van der Waals surface area contributed by atoms with Gasteiger partial charge in [-0.05, 0) is 90.2 Å². The predicted octanol–water partition coefficient (Wildman–Crippen LogP) is 12.6. The number of hydrogen-bond donors (Lipinski definition) is 0. The second-order valence-electron chi connectivity index (χ2n) is 10.8. The molecule has 1 aromatic heterocycles. The van der Waals surface area contributed by atoms with E-state index in [4.69, 9.17) is 12.6 Å². The van der Waals surface area contributed by atoms with Crippen LogP contribution in [-0.2, 0) is 0 Å². The van der Waals surface area contributed by atoms with Crippen molar-refractivity contribution in [2.75, 3.05) is 0 Å². The minimum Gasteiger partial charge on any atom is -0.456 e. The third kappa shape index (κ3) is 4.17.